The molecule has 1 aliphatic carbocycles. The fourth-order valence-corrected chi connectivity index (χ4v) is 3.90. The monoisotopic (exact) mass is 385 g/mol. The summed E-state index contributed by atoms with van der Waals surface area (Å²) in [6.07, 6.45) is 3.70. The highest BCUT2D eigenvalue weighted by Crippen LogP contribution is 2.25. The standard InChI is InChI=1S/C16H31N7O2S/c1-4-17-14-20-15(18-5-2)22-16(21-14)19-11-12-7-9-13(10-8-12)23-26(24,25)6-3/h12-13,23H,4-11H2,1-3H3,(H3,17,18,19,20,21,22). The number of rotatable bonds is 10. The Morgan fingerprint density at radius 3 is 1.81 bits per heavy atom. The first-order valence-corrected chi connectivity index (χ1v) is 11.1. The van der Waals surface area contributed by atoms with E-state index in [1.165, 1.54) is 0 Å². The molecule has 0 spiro atoms. The summed E-state index contributed by atoms with van der Waals surface area (Å²) in [5.41, 5.74) is 0. The molecule has 0 aromatic carbocycles. The average molecular weight is 386 g/mol. The van der Waals surface area contributed by atoms with Crippen molar-refractivity contribution in [2.75, 3.05) is 41.3 Å². The van der Waals surface area contributed by atoms with Gasteiger partial charge < -0.3 is 16.0 Å². The van der Waals surface area contributed by atoms with Crippen LogP contribution in [0.15, 0.2) is 0 Å². The van der Waals surface area contributed by atoms with Crippen molar-refractivity contribution < 1.29 is 8.42 Å². The summed E-state index contributed by atoms with van der Waals surface area (Å²) in [5, 5.41) is 9.53. The van der Waals surface area contributed by atoms with Crippen LogP contribution >= 0.6 is 0 Å². The molecule has 0 atom stereocenters. The fraction of sp³-hybridized carbons (Fsp3) is 0.812. The fourth-order valence-electron chi connectivity index (χ4n) is 2.99. The molecule has 0 bridgehead atoms. The Labute approximate surface area is 156 Å². The topological polar surface area (TPSA) is 121 Å². The molecule has 0 unspecified atom stereocenters. The highest BCUT2D eigenvalue weighted by molar-refractivity contribution is 7.89. The van der Waals surface area contributed by atoms with Crippen LogP contribution in [0.3, 0.4) is 0 Å². The highest BCUT2D eigenvalue weighted by atomic mass is 32.2. The minimum atomic E-state index is -3.12. The van der Waals surface area contributed by atoms with Crippen molar-refractivity contribution >= 4 is 27.9 Å². The van der Waals surface area contributed by atoms with Crippen molar-refractivity contribution in [1.29, 1.82) is 0 Å². The zero-order valence-electron chi connectivity index (χ0n) is 15.9. The van der Waals surface area contributed by atoms with Crippen molar-refractivity contribution in [3.05, 3.63) is 0 Å². The van der Waals surface area contributed by atoms with Crippen LogP contribution in [0.5, 0.6) is 0 Å². The van der Waals surface area contributed by atoms with E-state index >= 15 is 0 Å². The summed E-state index contributed by atoms with van der Waals surface area (Å²) < 4.78 is 26.1. The van der Waals surface area contributed by atoms with Crippen LogP contribution in [0.2, 0.25) is 0 Å². The summed E-state index contributed by atoms with van der Waals surface area (Å²) in [4.78, 5) is 13.1. The molecule has 0 radical (unpaired) electrons. The van der Waals surface area contributed by atoms with E-state index in [-0.39, 0.29) is 11.8 Å². The molecule has 0 amide bonds. The molecule has 1 aliphatic rings. The third-order valence-corrected chi connectivity index (χ3v) is 5.88. The van der Waals surface area contributed by atoms with Gasteiger partial charge in [0.1, 0.15) is 0 Å². The van der Waals surface area contributed by atoms with Crippen molar-refractivity contribution in [2.24, 2.45) is 5.92 Å². The van der Waals surface area contributed by atoms with E-state index in [0.29, 0.717) is 23.8 Å². The van der Waals surface area contributed by atoms with Crippen molar-refractivity contribution in [2.45, 2.75) is 52.5 Å². The summed E-state index contributed by atoms with van der Waals surface area (Å²) in [5.74, 6) is 2.29. The molecule has 10 heteroatoms. The quantitative estimate of drug-likeness (QED) is 0.480. The first-order valence-electron chi connectivity index (χ1n) is 9.43. The Morgan fingerprint density at radius 1 is 0.846 bits per heavy atom. The van der Waals surface area contributed by atoms with Crippen LogP contribution in [0, 0.1) is 5.92 Å². The third kappa shape index (κ3) is 6.56. The molecule has 2 rings (SSSR count). The second-order valence-electron chi connectivity index (χ2n) is 6.49. The van der Waals surface area contributed by atoms with Crippen LogP contribution in [0.1, 0.15) is 46.5 Å². The van der Waals surface area contributed by atoms with Gasteiger partial charge in [0.15, 0.2) is 0 Å². The van der Waals surface area contributed by atoms with Gasteiger partial charge in [-0.1, -0.05) is 0 Å². The van der Waals surface area contributed by atoms with Gasteiger partial charge in [-0.3, -0.25) is 0 Å². The van der Waals surface area contributed by atoms with Crippen LogP contribution in [-0.2, 0) is 10.0 Å². The zero-order valence-corrected chi connectivity index (χ0v) is 16.7. The van der Waals surface area contributed by atoms with Crippen molar-refractivity contribution in [1.82, 2.24) is 19.7 Å². The molecule has 1 saturated carbocycles. The summed E-state index contributed by atoms with van der Waals surface area (Å²) >= 11 is 0. The molecule has 1 aromatic rings. The molecule has 9 nitrogen and oxygen atoms in total. The average Bonchev–Trinajstić information content (AvgIpc) is 2.61. The lowest BCUT2D eigenvalue weighted by Crippen LogP contribution is -2.39. The van der Waals surface area contributed by atoms with E-state index < -0.39 is 10.0 Å². The SMILES string of the molecule is CCNc1nc(NCC)nc(NCC2CCC(NS(=O)(=O)CC)CC2)n1. The highest BCUT2D eigenvalue weighted by Gasteiger charge is 2.24. The Bertz CT molecular complexity index is 636. The second-order valence-corrected chi connectivity index (χ2v) is 8.53. The normalized spacial score (nSPS) is 20.6. The molecule has 1 fully saturated rings. The Balaban J connectivity index is 1.85. The minimum absolute atomic E-state index is 0.0640. The first-order chi connectivity index (χ1) is 12.5. The molecular weight excluding hydrogens is 354 g/mol. The Morgan fingerprint density at radius 2 is 1.35 bits per heavy atom. The molecule has 26 heavy (non-hydrogen) atoms. The predicted molar refractivity (Wildman–Crippen MR) is 105 cm³/mol. The number of nitrogens with zero attached hydrogens (tertiary/aromatic N) is 3. The molecular formula is C16H31N7O2S. The lowest BCUT2D eigenvalue weighted by molar-refractivity contribution is 0.324. The molecule has 0 aliphatic heterocycles. The lowest BCUT2D eigenvalue weighted by Gasteiger charge is -2.29. The third-order valence-electron chi connectivity index (χ3n) is 4.43. The Kier molecular flexibility index (Phi) is 7.83. The van der Waals surface area contributed by atoms with E-state index in [0.717, 1.165) is 45.3 Å². The van der Waals surface area contributed by atoms with E-state index in [1.54, 1.807) is 6.92 Å². The van der Waals surface area contributed by atoms with Crippen LogP contribution in [0.25, 0.3) is 0 Å². The summed E-state index contributed by atoms with van der Waals surface area (Å²) in [6, 6.07) is 0.0640. The smallest absolute Gasteiger partial charge is 0.229 e. The first kappa shape index (κ1) is 20.6. The number of anilines is 3. The van der Waals surface area contributed by atoms with E-state index in [4.69, 9.17) is 0 Å². The molecule has 0 saturated heterocycles. The van der Waals surface area contributed by atoms with E-state index in [2.05, 4.69) is 35.6 Å². The van der Waals surface area contributed by atoms with Crippen molar-refractivity contribution in [3.8, 4) is 0 Å². The molecule has 1 aromatic heterocycles. The van der Waals surface area contributed by atoms with Crippen LogP contribution in [-0.4, -0.2) is 54.8 Å². The maximum Gasteiger partial charge on any atom is 0.229 e. The second kappa shape index (κ2) is 9.86. The number of aromatic nitrogens is 3. The van der Waals surface area contributed by atoms with Crippen molar-refractivity contribution in [3.63, 3.8) is 0 Å². The number of nitrogens with one attached hydrogen (secondary N) is 4. The van der Waals surface area contributed by atoms with Gasteiger partial charge in [0.05, 0.1) is 5.75 Å². The van der Waals surface area contributed by atoms with Gasteiger partial charge in [0.25, 0.3) is 0 Å². The van der Waals surface area contributed by atoms with Gasteiger partial charge in [0, 0.05) is 25.7 Å². The van der Waals surface area contributed by atoms with Gasteiger partial charge in [-0.2, -0.15) is 15.0 Å². The maximum absolute atomic E-state index is 11.7. The largest absolute Gasteiger partial charge is 0.354 e. The maximum atomic E-state index is 11.7. The minimum Gasteiger partial charge on any atom is -0.354 e. The summed E-state index contributed by atoms with van der Waals surface area (Å²) in [6.45, 7) is 7.91. The van der Waals surface area contributed by atoms with Gasteiger partial charge in [-0.05, 0) is 52.4 Å². The van der Waals surface area contributed by atoms with Gasteiger partial charge >= 0.3 is 0 Å². The number of sulfonamides is 1. The van der Waals surface area contributed by atoms with Gasteiger partial charge in [0.2, 0.25) is 27.9 Å². The van der Waals surface area contributed by atoms with E-state index in [1.807, 2.05) is 13.8 Å². The molecule has 148 valence electrons. The molecule has 1 heterocycles. The van der Waals surface area contributed by atoms with Crippen LogP contribution < -0.4 is 20.7 Å². The number of hydrogen-bond acceptors (Lipinski definition) is 8. The predicted octanol–water partition coefficient (Wildman–Crippen LogP) is 1.65. The van der Waals surface area contributed by atoms with Crippen LogP contribution in [0.4, 0.5) is 17.8 Å². The number of hydrogen-bond donors (Lipinski definition) is 4. The van der Waals surface area contributed by atoms with Gasteiger partial charge in [-0.25, -0.2) is 13.1 Å². The van der Waals surface area contributed by atoms with Gasteiger partial charge in [-0.15, -0.1) is 0 Å². The summed E-state index contributed by atoms with van der Waals surface area (Å²) in [7, 11) is -3.12. The van der Waals surface area contributed by atoms with E-state index in [9.17, 15) is 8.42 Å². The zero-order chi connectivity index (χ0) is 19.0. The molecule has 4 N–H and O–H groups in total. The Hall–Kier alpha value is -1.68. The lowest BCUT2D eigenvalue weighted by atomic mass is 9.86.